The Morgan fingerprint density at radius 2 is 1.25 bits per heavy atom. The SMILES string of the molecule is NS(=O)(=O)Nc1cccc(NS(N)(=O)=O)c1. The van der Waals surface area contributed by atoms with Crippen molar-refractivity contribution in [3.8, 4) is 0 Å². The first kappa shape index (κ1) is 12.7. The van der Waals surface area contributed by atoms with Crippen molar-refractivity contribution >= 4 is 31.8 Å². The van der Waals surface area contributed by atoms with Crippen molar-refractivity contribution in [1.29, 1.82) is 0 Å². The molecule has 6 N–H and O–H groups in total. The van der Waals surface area contributed by atoms with Crippen LogP contribution in [0, 0.1) is 0 Å². The second kappa shape index (κ2) is 4.25. The Labute approximate surface area is 93.0 Å². The van der Waals surface area contributed by atoms with E-state index < -0.39 is 20.4 Å². The van der Waals surface area contributed by atoms with Gasteiger partial charge in [-0.3, -0.25) is 9.44 Å². The minimum atomic E-state index is -3.90. The largest absolute Gasteiger partial charge is 0.296 e. The van der Waals surface area contributed by atoms with Gasteiger partial charge in [0.05, 0.1) is 11.4 Å². The smallest absolute Gasteiger partial charge is 0.271 e. The van der Waals surface area contributed by atoms with Crippen LogP contribution in [0.3, 0.4) is 0 Å². The predicted octanol–water partition coefficient (Wildman–Crippen LogP) is -1.08. The lowest BCUT2D eigenvalue weighted by Gasteiger charge is -2.06. The first-order valence-corrected chi connectivity index (χ1v) is 6.96. The average Bonchev–Trinajstić information content (AvgIpc) is 1.96. The van der Waals surface area contributed by atoms with E-state index in [0.29, 0.717) is 0 Å². The summed E-state index contributed by atoms with van der Waals surface area (Å²) in [5.74, 6) is 0. The molecule has 1 aromatic rings. The van der Waals surface area contributed by atoms with E-state index in [2.05, 4.69) is 0 Å². The second-order valence-corrected chi connectivity index (χ2v) is 5.46. The number of nitrogens with two attached hydrogens (primary N) is 2. The monoisotopic (exact) mass is 266 g/mol. The zero-order valence-corrected chi connectivity index (χ0v) is 9.55. The van der Waals surface area contributed by atoms with E-state index in [1.54, 1.807) is 0 Å². The summed E-state index contributed by atoms with van der Waals surface area (Å²) in [4.78, 5) is 0. The number of hydrogen-bond acceptors (Lipinski definition) is 4. The van der Waals surface area contributed by atoms with Crippen LogP contribution in [0.15, 0.2) is 24.3 Å². The van der Waals surface area contributed by atoms with Gasteiger partial charge in [-0.15, -0.1) is 0 Å². The molecule has 10 heteroatoms. The van der Waals surface area contributed by atoms with Gasteiger partial charge < -0.3 is 0 Å². The van der Waals surface area contributed by atoms with Crippen molar-refractivity contribution in [3.05, 3.63) is 24.3 Å². The average molecular weight is 266 g/mol. The van der Waals surface area contributed by atoms with Crippen molar-refractivity contribution < 1.29 is 16.8 Å². The lowest BCUT2D eigenvalue weighted by molar-refractivity contribution is 0.601. The molecule has 1 rings (SSSR count). The van der Waals surface area contributed by atoms with E-state index in [9.17, 15) is 16.8 Å². The van der Waals surface area contributed by atoms with Crippen LogP contribution in [0.5, 0.6) is 0 Å². The molecule has 16 heavy (non-hydrogen) atoms. The molecule has 0 fully saturated rings. The molecular weight excluding hydrogens is 256 g/mol. The highest BCUT2D eigenvalue weighted by atomic mass is 32.2. The van der Waals surface area contributed by atoms with E-state index in [1.165, 1.54) is 24.3 Å². The summed E-state index contributed by atoms with van der Waals surface area (Å²) >= 11 is 0. The quantitative estimate of drug-likeness (QED) is 0.549. The maximum absolute atomic E-state index is 10.7. The Balaban J connectivity index is 2.96. The van der Waals surface area contributed by atoms with Gasteiger partial charge in [0.25, 0.3) is 20.4 Å². The number of rotatable bonds is 4. The molecule has 0 saturated heterocycles. The normalized spacial score (nSPS) is 12.1. The summed E-state index contributed by atoms with van der Waals surface area (Å²) in [5, 5.41) is 9.49. The number of benzene rings is 1. The minimum Gasteiger partial charge on any atom is -0.271 e. The fourth-order valence-electron chi connectivity index (χ4n) is 0.975. The molecule has 0 bridgehead atoms. The lowest BCUT2D eigenvalue weighted by Crippen LogP contribution is -2.23. The molecule has 0 aromatic heterocycles. The third-order valence-corrected chi connectivity index (χ3v) is 2.42. The first-order valence-electron chi connectivity index (χ1n) is 3.87. The molecule has 1 aromatic carbocycles. The van der Waals surface area contributed by atoms with E-state index in [4.69, 9.17) is 10.3 Å². The van der Waals surface area contributed by atoms with Gasteiger partial charge >= 0.3 is 0 Å². The fraction of sp³-hybridized carbons (Fsp3) is 0. The van der Waals surface area contributed by atoms with E-state index in [-0.39, 0.29) is 11.4 Å². The van der Waals surface area contributed by atoms with Crippen molar-refractivity contribution in [2.45, 2.75) is 0 Å². The Bertz CT molecular complexity index is 531. The van der Waals surface area contributed by atoms with Gasteiger partial charge in [-0.1, -0.05) is 6.07 Å². The topological polar surface area (TPSA) is 144 Å². The first-order chi connectivity index (χ1) is 7.16. The molecule has 0 atom stereocenters. The highest BCUT2D eigenvalue weighted by molar-refractivity contribution is 7.90. The van der Waals surface area contributed by atoms with Crippen LogP contribution < -0.4 is 19.7 Å². The second-order valence-electron chi connectivity index (χ2n) is 2.87. The van der Waals surface area contributed by atoms with Gasteiger partial charge in [0.1, 0.15) is 0 Å². The van der Waals surface area contributed by atoms with Crippen LogP contribution in [-0.2, 0) is 20.4 Å². The fourth-order valence-corrected chi connectivity index (χ4v) is 1.89. The van der Waals surface area contributed by atoms with Gasteiger partial charge in [0.15, 0.2) is 0 Å². The molecule has 0 aliphatic carbocycles. The van der Waals surface area contributed by atoms with E-state index >= 15 is 0 Å². The molecule has 90 valence electrons. The molecule has 0 radical (unpaired) electrons. The summed E-state index contributed by atoms with van der Waals surface area (Å²) < 4.78 is 46.8. The van der Waals surface area contributed by atoms with Crippen LogP contribution in [0.25, 0.3) is 0 Å². The zero-order valence-electron chi connectivity index (χ0n) is 7.91. The standard InChI is InChI=1S/C6H10N4O4S2/c7-15(11,12)9-5-2-1-3-6(4-5)10-16(8,13)14/h1-4,9-10H,(H2,7,11,12)(H2,8,13,14). The lowest BCUT2D eigenvalue weighted by atomic mass is 10.3. The van der Waals surface area contributed by atoms with Gasteiger partial charge in [0.2, 0.25) is 0 Å². The predicted molar refractivity (Wildman–Crippen MR) is 59.9 cm³/mol. The molecule has 0 spiro atoms. The molecule has 0 unspecified atom stereocenters. The van der Waals surface area contributed by atoms with Crippen LogP contribution in [-0.4, -0.2) is 16.8 Å². The number of anilines is 2. The van der Waals surface area contributed by atoms with Crippen molar-refractivity contribution in [3.63, 3.8) is 0 Å². The molecule has 0 aliphatic rings. The molecule has 0 saturated carbocycles. The molecular formula is C6H10N4O4S2. The highest BCUT2D eigenvalue weighted by Crippen LogP contribution is 2.15. The van der Waals surface area contributed by atoms with Gasteiger partial charge in [0, 0.05) is 0 Å². The third kappa shape index (κ3) is 4.93. The Morgan fingerprint density at radius 3 is 1.56 bits per heavy atom. The van der Waals surface area contributed by atoms with Crippen LogP contribution in [0.1, 0.15) is 0 Å². The summed E-state index contributed by atoms with van der Waals surface area (Å²) in [6, 6.07) is 5.47. The van der Waals surface area contributed by atoms with Gasteiger partial charge in [-0.25, -0.2) is 10.3 Å². The summed E-state index contributed by atoms with van der Waals surface area (Å²) in [7, 11) is -7.79. The molecule has 8 nitrogen and oxygen atoms in total. The van der Waals surface area contributed by atoms with Crippen LogP contribution in [0.4, 0.5) is 11.4 Å². The Hall–Kier alpha value is -1.36. The maximum atomic E-state index is 10.7. The van der Waals surface area contributed by atoms with Crippen molar-refractivity contribution in [1.82, 2.24) is 0 Å². The van der Waals surface area contributed by atoms with Gasteiger partial charge in [-0.2, -0.15) is 16.8 Å². The molecule has 0 amide bonds. The number of nitrogens with one attached hydrogen (secondary N) is 2. The highest BCUT2D eigenvalue weighted by Gasteiger charge is 2.05. The summed E-state index contributed by atoms with van der Waals surface area (Å²) in [6.45, 7) is 0. The van der Waals surface area contributed by atoms with E-state index in [1.807, 2.05) is 9.44 Å². The van der Waals surface area contributed by atoms with Gasteiger partial charge in [-0.05, 0) is 18.2 Å². The Morgan fingerprint density at radius 1 is 0.875 bits per heavy atom. The van der Waals surface area contributed by atoms with Crippen LogP contribution >= 0.6 is 0 Å². The summed E-state index contributed by atoms with van der Waals surface area (Å²) in [5.41, 5.74) is 0.243. The van der Waals surface area contributed by atoms with Crippen molar-refractivity contribution in [2.24, 2.45) is 10.3 Å². The molecule has 0 aliphatic heterocycles. The van der Waals surface area contributed by atoms with Crippen molar-refractivity contribution in [2.75, 3.05) is 9.44 Å². The minimum absolute atomic E-state index is 0.121. The van der Waals surface area contributed by atoms with Crippen LogP contribution in [0.2, 0.25) is 0 Å². The van der Waals surface area contributed by atoms with E-state index in [0.717, 1.165) is 0 Å². The Kier molecular flexibility index (Phi) is 3.38. The maximum Gasteiger partial charge on any atom is 0.296 e. The molecule has 0 heterocycles. The summed E-state index contributed by atoms with van der Waals surface area (Å²) in [6.07, 6.45) is 0. The third-order valence-electron chi connectivity index (χ3n) is 1.38. The number of hydrogen-bond donors (Lipinski definition) is 4. The zero-order chi connectivity index (χ0) is 12.4.